The number of carbonyl (C=O) groups is 4. The van der Waals surface area contributed by atoms with Crippen LogP contribution in [0.15, 0.2) is 41.4 Å². The molecule has 1 atom stereocenters. The maximum atomic E-state index is 13.8. The van der Waals surface area contributed by atoms with Gasteiger partial charge in [0.15, 0.2) is 6.10 Å². The fraction of sp³-hybridized carbons (Fsp3) is 0.469. The van der Waals surface area contributed by atoms with Gasteiger partial charge in [0.2, 0.25) is 15.9 Å². The van der Waals surface area contributed by atoms with Crippen molar-refractivity contribution in [3.8, 4) is 0 Å². The zero-order chi connectivity index (χ0) is 36.3. The Morgan fingerprint density at radius 2 is 1.73 bits per heavy atom. The average molecular weight is 713 g/mol. The van der Waals surface area contributed by atoms with Crippen molar-refractivity contribution in [1.82, 2.24) is 9.62 Å². The van der Waals surface area contributed by atoms with Crippen LogP contribution in [-0.2, 0) is 51.3 Å². The summed E-state index contributed by atoms with van der Waals surface area (Å²) < 4.78 is 91.5. The predicted molar refractivity (Wildman–Crippen MR) is 169 cm³/mol. The van der Waals surface area contributed by atoms with Crippen molar-refractivity contribution in [2.45, 2.75) is 64.8 Å². The molecule has 2 aliphatic heterocycles. The van der Waals surface area contributed by atoms with Gasteiger partial charge in [0.1, 0.15) is 23.8 Å². The van der Waals surface area contributed by atoms with Crippen LogP contribution < -0.4 is 10.2 Å². The second kappa shape index (κ2) is 14.6. The number of benzene rings is 2. The summed E-state index contributed by atoms with van der Waals surface area (Å²) in [6, 6.07) is 7.32. The molecule has 1 N–H and O–H groups in total. The number of amides is 2. The Balaban J connectivity index is 1.41. The van der Waals surface area contributed by atoms with Crippen LogP contribution in [0.4, 0.5) is 23.2 Å². The number of hydrogen-bond acceptors (Lipinski definition) is 9. The Morgan fingerprint density at radius 1 is 1.06 bits per heavy atom. The molecular formula is C32H36F4N4O8S. The second-order valence-electron chi connectivity index (χ2n) is 11.9. The van der Waals surface area contributed by atoms with Gasteiger partial charge in [-0.25, -0.2) is 17.1 Å². The van der Waals surface area contributed by atoms with Crippen molar-refractivity contribution in [1.29, 1.82) is 0 Å². The average Bonchev–Trinajstić information content (AvgIpc) is 3.31. The van der Waals surface area contributed by atoms with E-state index in [1.54, 1.807) is 25.1 Å². The van der Waals surface area contributed by atoms with Gasteiger partial charge in [-0.15, -0.1) is 0 Å². The van der Waals surface area contributed by atoms with Gasteiger partial charge >= 0.3 is 18.1 Å². The number of nitrogens with one attached hydrogen (secondary N) is 1. The lowest BCUT2D eigenvalue weighted by Crippen LogP contribution is -2.50. The number of halogens is 4. The number of carbonyl (C=O) groups excluding carboxylic acids is 4. The number of nitrogens with zero attached hydrogens (tertiary/aromatic N) is 3. The zero-order valence-electron chi connectivity index (χ0n) is 27.2. The number of alkyl halides is 3. The summed E-state index contributed by atoms with van der Waals surface area (Å²) in [6.45, 7) is 5.03. The predicted octanol–water partition coefficient (Wildman–Crippen LogP) is 3.28. The lowest BCUT2D eigenvalue weighted by molar-refractivity contribution is -0.155. The molecule has 17 heteroatoms. The van der Waals surface area contributed by atoms with Crippen molar-refractivity contribution < 1.29 is 54.6 Å². The molecule has 0 unspecified atom stereocenters. The lowest BCUT2D eigenvalue weighted by atomic mass is 9.89. The number of ether oxygens (including phenoxy) is 2. The molecule has 2 heterocycles. The number of hydrogen-bond donors (Lipinski definition) is 1. The molecule has 0 bridgehead atoms. The van der Waals surface area contributed by atoms with Gasteiger partial charge in [-0.1, -0.05) is 6.07 Å². The second-order valence-corrected chi connectivity index (χ2v) is 14.0. The van der Waals surface area contributed by atoms with E-state index in [9.17, 15) is 45.2 Å². The van der Waals surface area contributed by atoms with Crippen LogP contribution in [0.1, 0.15) is 55.9 Å². The quantitative estimate of drug-likeness (QED) is 0.276. The summed E-state index contributed by atoms with van der Waals surface area (Å²) in [5, 5.41) is 2.47. The van der Waals surface area contributed by atoms with Crippen LogP contribution in [0.2, 0.25) is 0 Å². The molecule has 2 aromatic carbocycles. The highest BCUT2D eigenvalue weighted by molar-refractivity contribution is 7.89. The van der Waals surface area contributed by atoms with Crippen LogP contribution in [0.3, 0.4) is 0 Å². The van der Waals surface area contributed by atoms with Gasteiger partial charge in [0, 0.05) is 45.1 Å². The topological polar surface area (TPSA) is 152 Å². The third kappa shape index (κ3) is 9.00. The molecule has 0 aromatic heterocycles. The third-order valence-corrected chi connectivity index (χ3v) is 10.2. The lowest BCUT2D eigenvalue weighted by Gasteiger charge is -2.34. The summed E-state index contributed by atoms with van der Waals surface area (Å²) in [5.74, 6) is -3.99. The van der Waals surface area contributed by atoms with Crippen molar-refractivity contribution >= 4 is 45.3 Å². The first-order chi connectivity index (χ1) is 22.8. The van der Waals surface area contributed by atoms with E-state index in [1.165, 1.54) is 30.0 Å². The number of amidine groups is 1. The van der Waals surface area contributed by atoms with Gasteiger partial charge in [0.25, 0.3) is 5.91 Å². The van der Waals surface area contributed by atoms with E-state index in [0.717, 1.165) is 6.07 Å². The number of aliphatic imine (C=N–C) groups is 1. The minimum Gasteiger partial charge on any atom is -0.462 e. The molecule has 0 saturated carbocycles. The first-order valence-corrected chi connectivity index (χ1v) is 16.9. The number of rotatable bonds is 11. The summed E-state index contributed by atoms with van der Waals surface area (Å²) in [7, 11) is -3.80. The highest BCUT2D eigenvalue weighted by Crippen LogP contribution is 2.35. The van der Waals surface area contributed by atoms with Crippen molar-refractivity contribution in [3.05, 3.63) is 64.5 Å². The normalized spacial score (nSPS) is 16.9. The number of piperidine rings is 1. The maximum Gasteiger partial charge on any atom is 0.419 e. The third-order valence-electron chi connectivity index (χ3n) is 8.31. The van der Waals surface area contributed by atoms with Crippen LogP contribution >= 0.6 is 0 Å². The Labute approximate surface area is 280 Å². The molecule has 1 saturated heterocycles. The van der Waals surface area contributed by atoms with Gasteiger partial charge < -0.3 is 19.7 Å². The number of sulfonamides is 1. The minimum absolute atomic E-state index is 0.00468. The molecular weight excluding hydrogens is 676 g/mol. The summed E-state index contributed by atoms with van der Waals surface area (Å²) in [6.07, 6.45) is -5.74. The molecule has 0 radical (unpaired) electrons. The van der Waals surface area contributed by atoms with Gasteiger partial charge in [-0.05, 0) is 67.6 Å². The molecule has 2 aromatic rings. The Bertz CT molecular complexity index is 1770. The molecule has 266 valence electrons. The molecule has 1 fully saturated rings. The van der Waals surface area contributed by atoms with Crippen LogP contribution in [-0.4, -0.2) is 85.9 Å². The maximum absolute atomic E-state index is 13.8. The summed E-state index contributed by atoms with van der Waals surface area (Å²) in [4.78, 5) is 54.0. The molecule has 12 nitrogen and oxygen atoms in total. The van der Waals surface area contributed by atoms with Crippen molar-refractivity contribution in [2.24, 2.45) is 4.99 Å². The van der Waals surface area contributed by atoms with E-state index >= 15 is 0 Å². The SMILES string of the molecule is CC(=O)OC[C@H](CN(C(C)=O)c1ccc(CCS(=O)(=O)N2CCC3(CC2)N=C(c2ccc(F)c(C(F)(F)F)c2)NC3=O)c(C)c1)OC(C)=O. The highest BCUT2D eigenvalue weighted by Gasteiger charge is 2.48. The van der Waals surface area contributed by atoms with E-state index in [0.29, 0.717) is 28.9 Å². The number of anilines is 1. The monoisotopic (exact) mass is 712 g/mol. The van der Waals surface area contributed by atoms with E-state index in [-0.39, 0.29) is 68.6 Å². The summed E-state index contributed by atoms with van der Waals surface area (Å²) in [5.41, 5.74) is -1.12. The molecule has 1 spiro atoms. The standard InChI is InChI=1S/C32H36F4N4O8S/c1-19-15-25(40(20(2)41)17-26(48-22(4)43)18-47-21(3)42)7-5-23(19)9-14-49(45,46)39-12-10-31(11-13-39)30(44)37-29(38-31)24-6-8-28(33)27(16-24)32(34,35)36/h5-8,15-16,26H,9-14,17-18H2,1-4H3,(H,37,38,44)/t26-/m0/s1. The molecule has 2 amide bonds. The van der Waals surface area contributed by atoms with Gasteiger partial charge in [-0.3, -0.25) is 24.2 Å². The fourth-order valence-electron chi connectivity index (χ4n) is 5.70. The summed E-state index contributed by atoms with van der Waals surface area (Å²) >= 11 is 0. The first kappa shape index (κ1) is 37.4. The van der Waals surface area contributed by atoms with Crippen molar-refractivity contribution in [2.75, 3.05) is 36.9 Å². The van der Waals surface area contributed by atoms with Crippen LogP contribution in [0.5, 0.6) is 0 Å². The minimum atomic E-state index is -4.94. The Morgan fingerprint density at radius 3 is 2.31 bits per heavy atom. The first-order valence-electron chi connectivity index (χ1n) is 15.3. The number of aryl methyl sites for hydroxylation is 2. The van der Waals surface area contributed by atoms with E-state index in [2.05, 4.69) is 10.3 Å². The molecule has 0 aliphatic carbocycles. The zero-order valence-corrected chi connectivity index (χ0v) is 28.0. The molecule has 4 rings (SSSR count). The number of esters is 2. The van der Waals surface area contributed by atoms with Gasteiger partial charge in [-0.2, -0.15) is 13.2 Å². The Kier molecular flexibility index (Phi) is 11.2. The molecule has 49 heavy (non-hydrogen) atoms. The smallest absolute Gasteiger partial charge is 0.419 e. The van der Waals surface area contributed by atoms with Gasteiger partial charge in [0.05, 0.1) is 17.9 Å². The van der Waals surface area contributed by atoms with E-state index in [4.69, 9.17) is 9.47 Å². The highest BCUT2D eigenvalue weighted by atomic mass is 32.2. The van der Waals surface area contributed by atoms with E-state index in [1.807, 2.05) is 0 Å². The van der Waals surface area contributed by atoms with Crippen molar-refractivity contribution in [3.63, 3.8) is 0 Å². The largest absolute Gasteiger partial charge is 0.462 e. The van der Waals surface area contributed by atoms with Crippen LogP contribution in [0.25, 0.3) is 0 Å². The Hall–Kier alpha value is -4.38. The fourth-order valence-corrected chi connectivity index (χ4v) is 7.18. The van der Waals surface area contributed by atoms with E-state index < -0.39 is 57.1 Å². The molecule has 2 aliphatic rings. The van der Waals surface area contributed by atoms with Crippen LogP contribution in [0, 0.1) is 12.7 Å².